The van der Waals surface area contributed by atoms with Crippen LogP contribution >= 0.6 is 34.8 Å². The lowest BCUT2D eigenvalue weighted by Gasteiger charge is -2.33. The molecule has 0 saturated heterocycles. The molecule has 0 fully saturated rings. The molecule has 1 amide bonds. The first-order valence-corrected chi connectivity index (χ1v) is 8.59. The van der Waals surface area contributed by atoms with Crippen LogP contribution in [0.2, 0.25) is 0 Å². The lowest BCUT2D eigenvalue weighted by Crippen LogP contribution is -2.53. The lowest BCUT2D eigenvalue weighted by molar-refractivity contribution is 0.0869. The van der Waals surface area contributed by atoms with Gasteiger partial charge in [0.05, 0.1) is 0 Å². The highest BCUT2D eigenvalue weighted by Gasteiger charge is 2.37. The van der Waals surface area contributed by atoms with Crippen LogP contribution in [0.1, 0.15) is 21.5 Å². The molecule has 6 heteroatoms. The Bertz CT molecular complexity index is 669. The zero-order valence-electron chi connectivity index (χ0n) is 13.5. The third-order valence-corrected chi connectivity index (χ3v) is 4.23. The standard InChI is InChI=1S/C18H19Cl3N2O/c1-13-8-10-15(11-9-13)16(24)22-17(18(19,20)21)23(2)12-14-6-4-3-5-7-14/h3-11,17H,12H2,1-2H3,(H,22,24)/t17-/m0/s1. The highest BCUT2D eigenvalue weighted by Crippen LogP contribution is 2.32. The average Bonchev–Trinajstić information content (AvgIpc) is 2.52. The number of rotatable bonds is 5. The molecule has 0 aliphatic rings. The molecule has 0 unspecified atom stereocenters. The van der Waals surface area contributed by atoms with Crippen molar-refractivity contribution in [3.05, 3.63) is 71.3 Å². The van der Waals surface area contributed by atoms with Crippen molar-refractivity contribution in [3.63, 3.8) is 0 Å². The summed E-state index contributed by atoms with van der Waals surface area (Å²) in [5, 5.41) is 2.80. The summed E-state index contributed by atoms with van der Waals surface area (Å²) >= 11 is 18.3. The molecule has 128 valence electrons. The minimum atomic E-state index is -1.66. The Morgan fingerprint density at radius 1 is 1.08 bits per heavy atom. The third-order valence-electron chi connectivity index (χ3n) is 3.61. The van der Waals surface area contributed by atoms with Gasteiger partial charge in [-0.3, -0.25) is 9.69 Å². The van der Waals surface area contributed by atoms with Crippen molar-refractivity contribution in [1.29, 1.82) is 0 Å². The smallest absolute Gasteiger partial charge is 0.252 e. The third kappa shape index (κ3) is 5.38. The van der Waals surface area contributed by atoms with Crippen LogP contribution in [0.5, 0.6) is 0 Å². The number of aryl methyl sites for hydroxylation is 1. The summed E-state index contributed by atoms with van der Waals surface area (Å²) in [5.74, 6) is -0.286. The highest BCUT2D eigenvalue weighted by molar-refractivity contribution is 6.68. The fourth-order valence-corrected chi connectivity index (χ4v) is 2.98. The Morgan fingerprint density at radius 3 is 2.21 bits per heavy atom. The van der Waals surface area contributed by atoms with Crippen molar-refractivity contribution in [2.45, 2.75) is 23.4 Å². The maximum absolute atomic E-state index is 12.5. The molecule has 2 rings (SSSR count). The van der Waals surface area contributed by atoms with Crippen molar-refractivity contribution in [2.75, 3.05) is 7.05 Å². The molecule has 1 N–H and O–H groups in total. The fraction of sp³-hybridized carbons (Fsp3) is 0.278. The molecule has 2 aromatic carbocycles. The van der Waals surface area contributed by atoms with Crippen LogP contribution in [0, 0.1) is 6.92 Å². The lowest BCUT2D eigenvalue weighted by atomic mass is 10.1. The Kier molecular flexibility index (Phi) is 6.53. The van der Waals surface area contributed by atoms with E-state index in [0.717, 1.165) is 11.1 Å². The number of benzene rings is 2. The minimum absolute atomic E-state index is 0.286. The van der Waals surface area contributed by atoms with Gasteiger partial charge in [-0.15, -0.1) is 0 Å². The Hall–Kier alpha value is -1.26. The summed E-state index contributed by atoms with van der Waals surface area (Å²) in [5.41, 5.74) is 2.66. The Labute approximate surface area is 157 Å². The van der Waals surface area contributed by atoms with Crippen LogP contribution in [0.4, 0.5) is 0 Å². The zero-order valence-corrected chi connectivity index (χ0v) is 15.7. The second-order valence-corrected chi connectivity index (χ2v) is 8.05. The van der Waals surface area contributed by atoms with Crippen molar-refractivity contribution in [1.82, 2.24) is 10.2 Å². The summed E-state index contributed by atoms with van der Waals surface area (Å²) < 4.78 is -1.66. The van der Waals surface area contributed by atoms with E-state index in [9.17, 15) is 4.79 Å². The van der Waals surface area contributed by atoms with Gasteiger partial charge in [-0.2, -0.15) is 0 Å². The number of amides is 1. The van der Waals surface area contributed by atoms with Gasteiger partial charge in [0.25, 0.3) is 5.91 Å². The van der Waals surface area contributed by atoms with Crippen LogP contribution in [0.25, 0.3) is 0 Å². The largest absolute Gasteiger partial charge is 0.332 e. The molecule has 0 bridgehead atoms. The van der Waals surface area contributed by atoms with Gasteiger partial charge in [-0.1, -0.05) is 82.8 Å². The summed E-state index contributed by atoms with van der Waals surface area (Å²) in [6.45, 7) is 2.49. The van der Waals surface area contributed by atoms with Crippen LogP contribution in [-0.4, -0.2) is 27.8 Å². The number of halogens is 3. The van der Waals surface area contributed by atoms with E-state index in [4.69, 9.17) is 34.8 Å². The maximum atomic E-state index is 12.5. The van der Waals surface area contributed by atoms with E-state index in [1.54, 1.807) is 24.1 Å². The van der Waals surface area contributed by atoms with E-state index in [0.29, 0.717) is 12.1 Å². The van der Waals surface area contributed by atoms with Gasteiger partial charge in [0, 0.05) is 12.1 Å². The molecule has 0 aromatic heterocycles. The van der Waals surface area contributed by atoms with Gasteiger partial charge < -0.3 is 5.32 Å². The first-order chi connectivity index (χ1) is 11.3. The first-order valence-electron chi connectivity index (χ1n) is 7.46. The quantitative estimate of drug-likeness (QED) is 0.605. The summed E-state index contributed by atoms with van der Waals surface area (Å²) in [6, 6.07) is 17.0. The molecule has 1 atom stereocenters. The van der Waals surface area contributed by atoms with E-state index in [1.807, 2.05) is 49.4 Å². The van der Waals surface area contributed by atoms with Crippen LogP contribution in [-0.2, 0) is 6.54 Å². The van der Waals surface area contributed by atoms with E-state index in [-0.39, 0.29) is 5.91 Å². The highest BCUT2D eigenvalue weighted by atomic mass is 35.6. The van der Waals surface area contributed by atoms with Gasteiger partial charge in [-0.05, 0) is 31.7 Å². The molecule has 0 heterocycles. The normalized spacial score (nSPS) is 12.9. The van der Waals surface area contributed by atoms with Gasteiger partial charge in [0.15, 0.2) is 0 Å². The molecule has 2 aromatic rings. The van der Waals surface area contributed by atoms with E-state index in [2.05, 4.69) is 5.32 Å². The number of carbonyl (C=O) groups is 1. The molecule has 24 heavy (non-hydrogen) atoms. The predicted molar refractivity (Wildman–Crippen MR) is 101 cm³/mol. The maximum Gasteiger partial charge on any atom is 0.252 e. The molecular formula is C18H19Cl3N2O. The monoisotopic (exact) mass is 384 g/mol. The van der Waals surface area contributed by atoms with Crippen LogP contribution in [0.3, 0.4) is 0 Å². The average molecular weight is 386 g/mol. The van der Waals surface area contributed by atoms with Crippen molar-refractivity contribution >= 4 is 40.7 Å². The van der Waals surface area contributed by atoms with Gasteiger partial charge >= 0.3 is 0 Å². The first kappa shape index (κ1) is 19.1. The van der Waals surface area contributed by atoms with E-state index < -0.39 is 9.96 Å². The molecule has 0 aliphatic carbocycles. The second kappa shape index (κ2) is 8.21. The van der Waals surface area contributed by atoms with Gasteiger partial charge in [-0.25, -0.2) is 0 Å². The second-order valence-electron chi connectivity index (χ2n) is 5.68. The molecule has 0 radical (unpaired) electrons. The number of alkyl halides is 3. The topological polar surface area (TPSA) is 32.3 Å². The summed E-state index contributed by atoms with van der Waals surface area (Å²) in [6.07, 6.45) is -0.767. The van der Waals surface area contributed by atoms with E-state index in [1.165, 1.54) is 0 Å². The number of carbonyl (C=O) groups excluding carboxylic acids is 1. The number of nitrogens with one attached hydrogen (secondary N) is 1. The Balaban J connectivity index is 2.13. The van der Waals surface area contributed by atoms with Crippen LogP contribution in [0.15, 0.2) is 54.6 Å². The minimum Gasteiger partial charge on any atom is -0.332 e. The zero-order chi connectivity index (χ0) is 17.7. The molecular weight excluding hydrogens is 367 g/mol. The van der Waals surface area contributed by atoms with Crippen molar-refractivity contribution in [2.24, 2.45) is 0 Å². The van der Waals surface area contributed by atoms with Crippen molar-refractivity contribution < 1.29 is 4.79 Å². The number of nitrogens with zero attached hydrogens (tertiary/aromatic N) is 1. The number of hydrogen-bond donors (Lipinski definition) is 1. The molecule has 0 saturated carbocycles. The van der Waals surface area contributed by atoms with E-state index >= 15 is 0 Å². The predicted octanol–water partition coefficient (Wildman–Crippen LogP) is 4.55. The van der Waals surface area contributed by atoms with Gasteiger partial charge in [0.1, 0.15) is 6.17 Å². The fourth-order valence-electron chi connectivity index (χ4n) is 2.32. The molecule has 0 aliphatic heterocycles. The molecule has 3 nitrogen and oxygen atoms in total. The van der Waals surface area contributed by atoms with Gasteiger partial charge in [0.2, 0.25) is 3.79 Å². The molecule has 0 spiro atoms. The summed E-state index contributed by atoms with van der Waals surface area (Å²) in [7, 11) is 1.80. The van der Waals surface area contributed by atoms with Crippen LogP contribution < -0.4 is 5.32 Å². The SMILES string of the molecule is Cc1ccc(C(=O)N[C@@H](N(C)Cc2ccccc2)C(Cl)(Cl)Cl)cc1. The summed E-state index contributed by atoms with van der Waals surface area (Å²) in [4.78, 5) is 14.3. The number of hydrogen-bond acceptors (Lipinski definition) is 2. The Morgan fingerprint density at radius 2 is 1.67 bits per heavy atom. The van der Waals surface area contributed by atoms with Crippen molar-refractivity contribution in [3.8, 4) is 0 Å².